The second kappa shape index (κ2) is 7.39. The van der Waals surface area contributed by atoms with Crippen LogP contribution in [0.2, 0.25) is 0 Å². The topological polar surface area (TPSA) is 118 Å². The number of ether oxygens (including phenoxy) is 1. The van der Waals surface area contributed by atoms with Crippen LogP contribution < -0.4 is 9.46 Å². The maximum absolute atomic E-state index is 12.8. The van der Waals surface area contributed by atoms with Crippen molar-refractivity contribution >= 4 is 21.6 Å². The summed E-state index contributed by atoms with van der Waals surface area (Å²) in [5.41, 5.74) is 0.944. The van der Waals surface area contributed by atoms with Gasteiger partial charge < -0.3 is 14.1 Å². The summed E-state index contributed by atoms with van der Waals surface area (Å²) in [6.45, 7) is 1.54. The second-order valence-electron chi connectivity index (χ2n) is 6.23. The summed E-state index contributed by atoms with van der Waals surface area (Å²) in [5.74, 6) is 0.625. The number of aromatic amines is 1. The lowest BCUT2D eigenvalue weighted by atomic mass is 10.2. The molecular weight excluding hydrogens is 384 g/mol. The molecule has 148 valence electrons. The van der Waals surface area contributed by atoms with E-state index in [-0.39, 0.29) is 27.9 Å². The number of hydrogen-bond acceptors (Lipinski definition) is 6. The minimum absolute atomic E-state index is 0.0387. The molecule has 0 spiro atoms. The lowest BCUT2D eigenvalue weighted by Crippen LogP contribution is -2.21. The fraction of sp³-hybridized carbons (Fsp3) is 0.222. The Bertz CT molecular complexity index is 1110. The Kier molecular flexibility index (Phi) is 5.14. The van der Waals surface area contributed by atoms with Gasteiger partial charge in [-0.2, -0.15) is 5.10 Å². The maximum Gasteiger partial charge on any atom is 0.265 e. The van der Waals surface area contributed by atoms with Crippen LogP contribution in [0, 0.1) is 6.92 Å². The van der Waals surface area contributed by atoms with Crippen molar-refractivity contribution < 1.29 is 22.4 Å². The van der Waals surface area contributed by atoms with E-state index in [1.807, 2.05) is 0 Å². The number of furan rings is 1. The summed E-state index contributed by atoms with van der Waals surface area (Å²) in [6.07, 6.45) is 1.37. The Hall–Kier alpha value is -3.27. The van der Waals surface area contributed by atoms with Gasteiger partial charge in [0, 0.05) is 26.2 Å². The van der Waals surface area contributed by atoms with Gasteiger partial charge >= 0.3 is 0 Å². The van der Waals surface area contributed by atoms with Gasteiger partial charge in [-0.3, -0.25) is 14.6 Å². The average molecular weight is 404 g/mol. The van der Waals surface area contributed by atoms with E-state index in [0.717, 1.165) is 0 Å². The summed E-state index contributed by atoms with van der Waals surface area (Å²) >= 11 is 0. The number of carbonyl (C=O) groups is 1. The van der Waals surface area contributed by atoms with Gasteiger partial charge in [-0.05, 0) is 19.1 Å². The molecule has 1 aromatic carbocycles. The van der Waals surface area contributed by atoms with Crippen molar-refractivity contribution in [2.75, 3.05) is 25.9 Å². The number of hydrogen-bond donors (Lipinski definition) is 2. The fourth-order valence-electron chi connectivity index (χ4n) is 2.63. The van der Waals surface area contributed by atoms with Gasteiger partial charge in [-0.25, -0.2) is 8.42 Å². The van der Waals surface area contributed by atoms with Gasteiger partial charge in [-0.15, -0.1) is 0 Å². The SMILES string of the molecule is COc1cccc(NS(=O)(=O)c2cc(-c3[nH]ncc3C(=O)N(C)C)oc2C)c1. The number of rotatable bonds is 6. The highest BCUT2D eigenvalue weighted by molar-refractivity contribution is 7.92. The molecule has 0 saturated heterocycles. The number of methoxy groups -OCH3 is 1. The zero-order valence-electron chi connectivity index (χ0n) is 15.8. The molecular formula is C18H20N4O5S. The quantitative estimate of drug-likeness (QED) is 0.652. The highest BCUT2D eigenvalue weighted by Crippen LogP contribution is 2.31. The van der Waals surface area contributed by atoms with Crippen LogP contribution in [0.4, 0.5) is 5.69 Å². The molecule has 2 aromatic heterocycles. The van der Waals surface area contributed by atoms with E-state index < -0.39 is 10.0 Å². The van der Waals surface area contributed by atoms with E-state index in [0.29, 0.717) is 17.1 Å². The van der Waals surface area contributed by atoms with Crippen molar-refractivity contribution in [3.8, 4) is 17.2 Å². The molecule has 3 aromatic rings. The molecule has 1 amide bonds. The van der Waals surface area contributed by atoms with Crippen LogP contribution in [0.1, 0.15) is 16.1 Å². The minimum atomic E-state index is -3.92. The predicted molar refractivity (Wildman–Crippen MR) is 103 cm³/mol. The number of H-pyrrole nitrogens is 1. The first-order valence-electron chi connectivity index (χ1n) is 8.25. The summed E-state index contributed by atoms with van der Waals surface area (Å²) in [6, 6.07) is 7.92. The number of aromatic nitrogens is 2. The van der Waals surface area contributed by atoms with Crippen LogP contribution in [0.15, 0.2) is 45.8 Å². The van der Waals surface area contributed by atoms with Crippen LogP contribution >= 0.6 is 0 Å². The third kappa shape index (κ3) is 3.72. The Labute approximate surface area is 162 Å². The molecule has 2 heterocycles. The molecule has 0 saturated carbocycles. The normalized spacial score (nSPS) is 11.3. The molecule has 0 aliphatic carbocycles. The van der Waals surface area contributed by atoms with Crippen LogP contribution in [-0.2, 0) is 10.0 Å². The van der Waals surface area contributed by atoms with E-state index in [1.54, 1.807) is 38.4 Å². The highest BCUT2D eigenvalue weighted by atomic mass is 32.2. The third-order valence-electron chi connectivity index (χ3n) is 4.01. The van der Waals surface area contributed by atoms with Gasteiger partial charge in [0.1, 0.15) is 22.1 Å². The zero-order chi connectivity index (χ0) is 20.5. The van der Waals surface area contributed by atoms with E-state index in [2.05, 4.69) is 14.9 Å². The van der Waals surface area contributed by atoms with Crippen LogP contribution in [0.3, 0.4) is 0 Å². The number of amides is 1. The fourth-order valence-corrected chi connectivity index (χ4v) is 3.86. The molecule has 0 aliphatic rings. The molecule has 0 atom stereocenters. The molecule has 28 heavy (non-hydrogen) atoms. The Morgan fingerprint density at radius 3 is 2.71 bits per heavy atom. The van der Waals surface area contributed by atoms with E-state index in [9.17, 15) is 13.2 Å². The number of anilines is 1. The van der Waals surface area contributed by atoms with Crippen LogP contribution in [-0.4, -0.2) is 50.6 Å². The molecule has 9 nitrogen and oxygen atoms in total. The summed E-state index contributed by atoms with van der Waals surface area (Å²) < 4.78 is 38.9. The van der Waals surface area contributed by atoms with Crippen molar-refractivity contribution in [3.05, 3.63) is 47.9 Å². The Morgan fingerprint density at radius 2 is 2.04 bits per heavy atom. The first-order valence-corrected chi connectivity index (χ1v) is 9.74. The monoisotopic (exact) mass is 404 g/mol. The van der Waals surface area contributed by atoms with Crippen molar-refractivity contribution in [1.82, 2.24) is 15.1 Å². The van der Waals surface area contributed by atoms with Crippen molar-refractivity contribution in [3.63, 3.8) is 0 Å². The first-order chi connectivity index (χ1) is 13.2. The van der Waals surface area contributed by atoms with Crippen molar-refractivity contribution in [1.29, 1.82) is 0 Å². The summed E-state index contributed by atoms with van der Waals surface area (Å²) in [7, 11) is 0.803. The number of benzene rings is 1. The van der Waals surface area contributed by atoms with Gasteiger partial charge in [0.05, 0.1) is 24.6 Å². The van der Waals surface area contributed by atoms with Crippen molar-refractivity contribution in [2.24, 2.45) is 0 Å². The zero-order valence-corrected chi connectivity index (χ0v) is 16.6. The van der Waals surface area contributed by atoms with E-state index >= 15 is 0 Å². The third-order valence-corrected chi connectivity index (χ3v) is 5.49. The van der Waals surface area contributed by atoms with Gasteiger partial charge in [0.2, 0.25) is 0 Å². The number of sulfonamides is 1. The first kappa shape index (κ1) is 19.5. The molecule has 0 fully saturated rings. The maximum atomic E-state index is 12.8. The second-order valence-corrected chi connectivity index (χ2v) is 7.88. The molecule has 0 unspecified atom stereocenters. The van der Waals surface area contributed by atoms with E-state index in [1.165, 1.54) is 31.2 Å². The molecule has 0 radical (unpaired) electrons. The lowest BCUT2D eigenvalue weighted by molar-refractivity contribution is 0.0828. The summed E-state index contributed by atoms with van der Waals surface area (Å²) in [4.78, 5) is 13.6. The highest BCUT2D eigenvalue weighted by Gasteiger charge is 2.25. The minimum Gasteiger partial charge on any atom is -0.497 e. The number of nitrogens with zero attached hydrogens (tertiary/aromatic N) is 2. The number of carbonyl (C=O) groups excluding carboxylic acids is 1. The van der Waals surface area contributed by atoms with E-state index in [4.69, 9.17) is 9.15 Å². The molecule has 10 heteroatoms. The van der Waals surface area contributed by atoms with Gasteiger partial charge in [-0.1, -0.05) is 6.07 Å². The van der Waals surface area contributed by atoms with Gasteiger partial charge in [0.25, 0.3) is 15.9 Å². The number of aryl methyl sites for hydroxylation is 1. The Balaban J connectivity index is 1.96. The lowest BCUT2D eigenvalue weighted by Gasteiger charge is -2.09. The molecule has 2 N–H and O–H groups in total. The average Bonchev–Trinajstić information content (AvgIpc) is 3.27. The van der Waals surface area contributed by atoms with Crippen LogP contribution in [0.5, 0.6) is 5.75 Å². The molecule has 0 bridgehead atoms. The molecule has 0 aliphatic heterocycles. The number of nitrogens with one attached hydrogen (secondary N) is 2. The standard InChI is InChI=1S/C18H20N4O5S/c1-11-16(28(24,25)21-12-6-5-7-13(8-12)26-4)9-15(27-11)17-14(10-19-20-17)18(23)22(2)3/h5-10,21H,1-4H3,(H,19,20). The molecule has 3 rings (SSSR count). The smallest absolute Gasteiger partial charge is 0.265 e. The van der Waals surface area contributed by atoms with Crippen molar-refractivity contribution in [2.45, 2.75) is 11.8 Å². The summed E-state index contributed by atoms with van der Waals surface area (Å²) in [5, 5.41) is 6.57. The Morgan fingerprint density at radius 1 is 1.29 bits per heavy atom. The largest absolute Gasteiger partial charge is 0.497 e. The predicted octanol–water partition coefficient (Wildman–Crippen LogP) is 2.49. The van der Waals surface area contributed by atoms with Gasteiger partial charge in [0.15, 0.2) is 5.76 Å². The van der Waals surface area contributed by atoms with Crippen LogP contribution in [0.25, 0.3) is 11.5 Å².